The lowest BCUT2D eigenvalue weighted by atomic mass is 11.3. The SMILES string of the molecule is C=C.C=C.C=C.CO[SiH3]. The van der Waals surface area contributed by atoms with Crippen molar-refractivity contribution in [1.29, 1.82) is 0 Å². The molecular formula is C7H18OSi. The monoisotopic (exact) mass is 146 g/mol. The molecule has 0 bridgehead atoms. The molecule has 0 rings (SSSR count). The van der Waals surface area contributed by atoms with Crippen molar-refractivity contribution < 1.29 is 4.43 Å². The van der Waals surface area contributed by atoms with Crippen LogP contribution >= 0.6 is 0 Å². The van der Waals surface area contributed by atoms with Crippen LogP contribution in [-0.2, 0) is 4.43 Å². The molecule has 2 heteroatoms. The van der Waals surface area contributed by atoms with E-state index in [0.717, 1.165) is 10.5 Å². The molecule has 0 atom stereocenters. The fourth-order valence-electron chi connectivity index (χ4n) is 0. The summed E-state index contributed by atoms with van der Waals surface area (Å²) in [5.41, 5.74) is 0. The summed E-state index contributed by atoms with van der Waals surface area (Å²) in [7, 11) is 2.56. The lowest BCUT2D eigenvalue weighted by Crippen LogP contribution is -1.60. The van der Waals surface area contributed by atoms with E-state index in [9.17, 15) is 0 Å². The van der Waals surface area contributed by atoms with Gasteiger partial charge in [0, 0.05) is 7.11 Å². The normalized spacial score (nSPS) is 3.67. The molecule has 0 heterocycles. The summed E-state index contributed by atoms with van der Waals surface area (Å²) in [4.78, 5) is 0. The summed E-state index contributed by atoms with van der Waals surface area (Å²) >= 11 is 0. The van der Waals surface area contributed by atoms with Gasteiger partial charge >= 0.3 is 0 Å². The summed E-state index contributed by atoms with van der Waals surface area (Å²) in [6, 6.07) is 0. The average molecular weight is 146 g/mol. The summed E-state index contributed by atoms with van der Waals surface area (Å²) in [5, 5.41) is 0. The van der Waals surface area contributed by atoms with E-state index in [4.69, 9.17) is 0 Å². The molecule has 9 heavy (non-hydrogen) atoms. The molecule has 0 spiro atoms. The lowest BCUT2D eigenvalue weighted by Gasteiger charge is -1.61. The molecule has 0 amide bonds. The molecule has 0 aliphatic heterocycles. The number of rotatable bonds is 0. The first-order valence-corrected chi connectivity index (χ1v) is 3.13. The summed E-state index contributed by atoms with van der Waals surface area (Å²) in [5.74, 6) is 0. The molecule has 0 radical (unpaired) electrons. The molecule has 0 aliphatic carbocycles. The molecule has 0 aromatic heterocycles. The molecule has 1 nitrogen and oxygen atoms in total. The van der Waals surface area contributed by atoms with Crippen molar-refractivity contribution in [1.82, 2.24) is 0 Å². The zero-order valence-corrected chi connectivity index (χ0v) is 8.65. The van der Waals surface area contributed by atoms with Crippen molar-refractivity contribution in [2.24, 2.45) is 0 Å². The van der Waals surface area contributed by atoms with Crippen molar-refractivity contribution in [2.75, 3.05) is 7.11 Å². The van der Waals surface area contributed by atoms with Gasteiger partial charge in [0.25, 0.3) is 0 Å². The Morgan fingerprint density at radius 3 is 0.889 bits per heavy atom. The Balaban J connectivity index is -0.0000000190. The third kappa shape index (κ3) is 592. The largest absolute Gasteiger partial charge is 0.431 e. The standard InChI is InChI=1S/3C2H4.CH6OSi/c3*1-2;1-2-3/h3*1-2H2;1,3H3. The third-order valence-corrected chi connectivity index (χ3v) is 0. The van der Waals surface area contributed by atoms with Crippen LogP contribution in [0.1, 0.15) is 0 Å². The molecule has 0 aromatic carbocycles. The molecule has 0 unspecified atom stereocenters. The van der Waals surface area contributed by atoms with Crippen molar-refractivity contribution >= 4 is 10.5 Å². The van der Waals surface area contributed by atoms with Gasteiger partial charge < -0.3 is 4.43 Å². The average Bonchev–Trinajstić information content (AvgIpc) is 2.01. The van der Waals surface area contributed by atoms with E-state index in [1.54, 1.807) is 7.11 Å². The van der Waals surface area contributed by atoms with Gasteiger partial charge in [-0.2, -0.15) is 0 Å². The van der Waals surface area contributed by atoms with Crippen molar-refractivity contribution in [3.63, 3.8) is 0 Å². The predicted molar refractivity (Wildman–Crippen MR) is 50.7 cm³/mol. The van der Waals surface area contributed by atoms with Crippen molar-refractivity contribution in [2.45, 2.75) is 0 Å². The van der Waals surface area contributed by atoms with E-state index in [2.05, 4.69) is 43.9 Å². The Morgan fingerprint density at radius 1 is 0.889 bits per heavy atom. The van der Waals surface area contributed by atoms with E-state index < -0.39 is 0 Å². The van der Waals surface area contributed by atoms with Crippen LogP contribution in [0.3, 0.4) is 0 Å². The summed E-state index contributed by atoms with van der Waals surface area (Å²) < 4.78 is 4.39. The minimum absolute atomic E-state index is 0.869. The van der Waals surface area contributed by atoms with Gasteiger partial charge in [-0.05, 0) is 0 Å². The first kappa shape index (κ1) is 23.8. The highest BCUT2D eigenvalue weighted by Gasteiger charge is 1.27. The van der Waals surface area contributed by atoms with E-state index in [1.807, 2.05) is 0 Å². The van der Waals surface area contributed by atoms with Gasteiger partial charge in [0.1, 0.15) is 10.5 Å². The van der Waals surface area contributed by atoms with Crippen LogP contribution in [0.4, 0.5) is 0 Å². The van der Waals surface area contributed by atoms with Crippen LogP contribution in [0.2, 0.25) is 0 Å². The number of hydrogen-bond donors (Lipinski definition) is 0. The molecule has 0 fully saturated rings. The first-order chi connectivity index (χ1) is 4.41. The highest BCUT2D eigenvalue weighted by molar-refractivity contribution is 5.97. The van der Waals surface area contributed by atoms with Gasteiger partial charge in [-0.15, -0.1) is 39.5 Å². The molecular weight excluding hydrogens is 128 g/mol. The van der Waals surface area contributed by atoms with Crippen LogP contribution in [-0.4, -0.2) is 17.6 Å². The van der Waals surface area contributed by atoms with Crippen LogP contribution in [0.5, 0.6) is 0 Å². The Bertz CT molecular complexity index is 20.1. The van der Waals surface area contributed by atoms with Gasteiger partial charge in [0.05, 0.1) is 0 Å². The highest BCUT2D eigenvalue weighted by atomic mass is 28.2. The highest BCUT2D eigenvalue weighted by Crippen LogP contribution is 1.24. The molecule has 56 valence electrons. The zero-order valence-electron chi connectivity index (χ0n) is 6.65. The molecule has 0 saturated heterocycles. The van der Waals surface area contributed by atoms with E-state index >= 15 is 0 Å². The molecule has 0 saturated carbocycles. The quantitative estimate of drug-likeness (QED) is 0.370. The van der Waals surface area contributed by atoms with E-state index in [-0.39, 0.29) is 0 Å². The summed E-state index contributed by atoms with van der Waals surface area (Å²) in [6.07, 6.45) is 0. The topological polar surface area (TPSA) is 9.23 Å². The van der Waals surface area contributed by atoms with Gasteiger partial charge in [-0.3, -0.25) is 0 Å². The zero-order chi connectivity index (χ0) is 8.71. The smallest absolute Gasteiger partial charge is 0.145 e. The van der Waals surface area contributed by atoms with Crippen LogP contribution in [0.25, 0.3) is 0 Å². The fourth-order valence-corrected chi connectivity index (χ4v) is 0. The predicted octanol–water partition coefficient (Wildman–Crippen LogP) is 1.32. The maximum atomic E-state index is 4.39. The minimum Gasteiger partial charge on any atom is -0.431 e. The maximum absolute atomic E-state index is 4.39. The van der Waals surface area contributed by atoms with E-state index in [0.29, 0.717) is 0 Å². The minimum atomic E-state index is 0.869. The summed E-state index contributed by atoms with van der Waals surface area (Å²) in [6.45, 7) is 18.0. The van der Waals surface area contributed by atoms with Gasteiger partial charge in [-0.1, -0.05) is 0 Å². The Morgan fingerprint density at radius 2 is 0.889 bits per heavy atom. The van der Waals surface area contributed by atoms with E-state index in [1.165, 1.54) is 0 Å². The van der Waals surface area contributed by atoms with Crippen LogP contribution in [0.15, 0.2) is 39.5 Å². The lowest BCUT2D eigenvalue weighted by molar-refractivity contribution is 0.460. The fraction of sp³-hybridized carbons (Fsp3) is 0.143. The molecule has 0 aliphatic rings. The number of hydrogen-bond acceptors (Lipinski definition) is 1. The Kier molecular flexibility index (Phi) is 5070. The van der Waals surface area contributed by atoms with Crippen LogP contribution < -0.4 is 0 Å². The first-order valence-electron chi connectivity index (χ1n) is 2.32. The van der Waals surface area contributed by atoms with Crippen molar-refractivity contribution in [3.05, 3.63) is 39.5 Å². The molecule has 0 N–H and O–H groups in total. The van der Waals surface area contributed by atoms with Gasteiger partial charge in [0.15, 0.2) is 0 Å². The second-order valence-corrected chi connectivity index (χ2v) is 1.22. The second-order valence-electron chi connectivity index (χ2n) is 0.408. The second kappa shape index (κ2) is 1920. The Labute approximate surface area is 62.3 Å². The van der Waals surface area contributed by atoms with Gasteiger partial charge in [0.2, 0.25) is 0 Å². The maximum Gasteiger partial charge on any atom is 0.145 e. The van der Waals surface area contributed by atoms with Crippen LogP contribution in [0, 0.1) is 0 Å². The van der Waals surface area contributed by atoms with Crippen molar-refractivity contribution in [3.8, 4) is 0 Å². The van der Waals surface area contributed by atoms with Gasteiger partial charge in [-0.25, -0.2) is 0 Å². The Hall–Kier alpha value is -0.603. The molecule has 0 aromatic rings. The third-order valence-electron chi connectivity index (χ3n) is 0.